The maximum absolute atomic E-state index is 13.3. The third-order valence-corrected chi connectivity index (χ3v) is 4.99. The van der Waals surface area contributed by atoms with E-state index in [4.69, 9.17) is 0 Å². The maximum atomic E-state index is 13.3. The molecule has 0 aliphatic carbocycles. The van der Waals surface area contributed by atoms with Gasteiger partial charge >= 0.3 is 6.03 Å². The van der Waals surface area contributed by atoms with E-state index in [1.807, 2.05) is 0 Å². The molecule has 1 aliphatic heterocycles. The Labute approximate surface area is 159 Å². The Bertz CT molecular complexity index is 1140. The van der Waals surface area contributed by atoms with Gasteiger partial charge in [-0.1, -0.05) is 25.1 Å². The zero-order chi connectivity index (χ0) is 19.9. The zero-order valence-electron chi connectivity index (χ0n) is 15.1. The number of pyridine rings is 1. The lowest BCUT2D eigenvalue weighted by atomic mass is 9.87. The molecule has 0 saturated carbocycles. The molecule has 1 fully saturated rings. The standard InChI is InChI=1S/C20H17FN4O3/c1-2-20(13-6-8-14(21)9-7-13)18(27)25(19(28)23-20)12-15-11-17(26)24-10-4-3-5-16(24)22-15/h3-11H,2,12H2,1H3,(H,23,28). The average molecular weight is 380 g/mol. The molecule has 1 aromatic carbocycles. The number of nitrogens with one attached hydrogen (secondary N) is 1. The largest absolute Gasteiger partial charge is 0.325 e. The topological polar surface area (TPSA) is 83.8 Å². The highest BCUT2D eigenvalue weighted by Crippen LogP contribution is 2.33. The number of carbonyl (C=O) groups is 2. The highest BCUT2D eigenvalue weighted by molar-refractivity contribution is 6.07. The summed E-state index contributed by atoms with van der Waals surface area (Å²) < 4.78 is 14.7. The fourth-order valence-corrected chi connectivity index (χ4v) is 3.49. The van der Waals surface area contributed by atoms with Gasteiger partial charge in [0.15, 0.2) is 0 Å². The van der Waals surface area contributed by atoms with Crippen molar-refractivity contribution in [3.8, 4) is 0 Å². The van der Waals surface area contributed by atoms with Crippen LogP contribution in [0.4, 0.5) is 9.18 Å². The van der Waals surface area contributed by atoms with Crippen LogP contribution in [0.3, 0.4) is 0 Å². The fraction of sp³-hybridized carbons (Fsp3) is 0.200. The van der Waals surface area contributed by atoms with Crippen molar-refractivity contribution in [3.63, 3.8) is 0 Å². The van der Waals surface area contributed by atoms with Gasteiger partial charge in [0, 0.05) is 12.3 Å². The summed E-state index contributed by atoms with van der Waals surface area (Å²) in [6.45, 7) is 1.64. The van der Waals surface area contributed by atoms with Crippen molar-refractivity contribution in [1.29, 1.82) is 0 Å². The lowest BCUT2D eigenvalue weighted by Gasteiger charge is -2.25. The number of amides is 3. The van der Waals surface area contributed by atoms with Gasteiger partial charge in [0.25, 0.3) is 11.5 Å². The van der Waals surface area contributed by atoms with Crippen molar-refractivity contribution in [1.82, 2.24) is 19.6 Å². The van der Waals surface area contributed by atoms with E-state index in [-0.39, 0.29) is 12.1 Å². The molecular formula is C20H17FN4O3. The van der Waals surface area contributed by atoms with Gasteiger partial charge < -0.3 is 5.32 Å². The van der Waals surface area contributed by atoms with Gasteiger partial charge in [-0.15, -0.1) is 0 Å². The van der Waals surface area contributed by atoms with E-state index in [1.165, 1.54) is 34.7 Å². The second kappa shape index (κ2) is 6.56. The number of fused-ring (bicyclic) bond motifs is 1. The number of rotatable bonds is 4. The molecule has 3 amide bonds. The van der Waals surface area contributed by atoms with Crippen LogP contribution in [0.25, 0.3) is 5.65 Å². The van der Waals surface area contributed by atoms with Crippen molar-refractivity contribution in [2.45, 2.75) is 25.4 Å². The van der Waals surface area contributed by atoms with E-state index in [0.29, 0.717) is 23.3 Å². The average Bonchev–Trinajstić information content (AvgIpc) is 2.94. The molecule has 4 rings (SSSR count). The van der Waals surface area contributed by atoms with Crippen molar-refractivity contribution in [2.24, 2.45) is 0 Å². The lowest BCUT2D eigenvalue weighted by molar-refractivity contribution is -0.132. The van der Waals surface area contributed by atoms with E-state index < -0.39 is 23.3 Å². The molecule has 0 bridgehead atoms. The first-order valence-corrected chi connectivity index (χ1v) is 8.82. The summed E-state index contributed by atoms with van der Waals surface area (Å²) in [7, 11) is 0. The van der Waals surface area contributed by atoms with Crippen LogP contribution in [0.15, 0.2) is 59.5 Å². The predicted molar refractivity (Wildman–Crippen MR) is 98.9 cm³/mol. The minimum atomic E-state index is -1.27. The Morgan fingerprint density at radius 3 is 2.57 bits per heavy atom. The molecule has 3 aromatic rings. The molecule has 1 atom stereocenters. The summed E-state index contributed by atoms with van der Waals surface area (Å²) in [5.74, 6) is -0.883. The number of aromatic nitrogens is 2. The van der Waals surface area contributed by atoms with Crippen LogP contribution in [0.2, 0.25) is 0 Å². The molecule has 1 N–H and O–H groups in total. The summed E-state index contributed by atoms with van der Waals surface area (Å²) >= 11 is 0. The van der Waals surface area contributed by atoms with E-state index in [0.717, 1.165) is 4.90 Å². The Hall–Kier alpha value is -3.55. The first-order chi connectivity index (χ1) is 13.4. The monoisotopic (exact) mass is 380 g/mol. The minimum absolute atomic E-state index is 0.131. The molecule has 142 valence electrons. The van der Waals surface area contributed by atoms with Crippen molar-refractivity contribution in [2.75, 3.05) is 0 Å². The number of urea groups is 1. The van der Waals surface area contributed by atoms with E-state index in [1.54, 1.807) is 31.3 Å². The Morgan fingerprint density at radius 1 is 1.11 bits per heavy atom. The number of nitrogens with zero attached hydrogens (tertiary/aromatic N) is 3. The molecule has 3 heterocycles. The molecule has 1 unspecified atom stereocenters. The first kappa shape index (κ1) is 17.8. The second-order valence-corrected chi connectivity index (χ2v) is 6.60. The first-order valence-electron chi connectivity index (χ1n) is 8.82. The van der Waals surface area contributed by atoms with Crippen LogP contribution in [-0.2, 0) is 16.9 Å². The number of halogens is 1. The van der Waals surface area contributed by atoms with E-state index in [9.17, 15) is 18.8 Å². The van der Waals surface area contributed by atoms with Gasteiger partial charge in [0.05, 0.1) is 12.2 Å². The third kappa shape index (κ3) is 2.74. The fourth-order valence-electron chi connectivity index (χ4n) is 3.49. The van der Waals surface area contributed by atoms with Gasteiger partial charge in [-0.3, -0.25) is 18.9 Å². The van der Waals surface area contributed by atoms with Crippen LogP contribution < -0.4 is 10.9 Å². The number of imide groups is 1. The lowest BCUT2D eigenvalue weighted by Crippen LogP contribution is -2.43. The van der Waals surface area contributed by atoms with Crippen molar-refractivity contribution in [3.05, 3.63) is 82.2 Å². The predicted octanol–water partition coefficient (Wildman–Crippen LogP) is 2.19. The smallest absolute Gasteiger partial charge is 0.319 e. The summed E-state index contributed by atoms with van der Waals surface area (Å²) in [4.78, 5) is 43.4. The van der Waals surface area contributed by atoms with Crippen molar-refractivity contribution >= 4 is 17.6 Å². The Balaban J connectivity index is 1.69. The quantitative estimate of drug-likeness (QED) is 0.704. The summed E-state index contributed by atoms with van der Waals surface area (Å²) in [5.41, 5.74) is -0.323. The van der Waals surface area contributed by atoms with Crippen LogP contribution in [0, 0.1) is 5.82 Å². The van der Waals surface area contributed by atoms with Crippen molar-refractivity contribution < 1.29 is 14.0 Å². The molecule has 28 heavy (non-hydrogen) atoms. The number of hydrogen-bond acceptors (Lipinski definition) is 4. The Kier molecular flexibility index (Phi) is 4.18. The Morgan fingerprint density at radius 2 is 1.86 bits per heavy atom. The van der Waals surface area contributed by atoms with Gasteiger partial charge in [-0.2, -0.15) is 0 Å². The summed E-state index contributed by atoms with van der Waals surface area (Å²) in [6, 6.07) is 11.3. The number of carbonyl (C=O) groups excluding carboxylic acids is 2. The number of hydrogen-bond donors (Lipinski definition) is 1. The zero-order valence-corrected chi connectivity index (χ0v) is 15.1. The van der Waals surface area contributed by atoms with Crippen LogP contribution in [0.5, 0.6) is 0 Å². The van der Waals surface area contributed by atoms with Crippen LogP contribution in [-0.4, -0.2) is 26.2 Å². The number of benzene rings is 1. The SMILES string of the molecule is CCC1(c2ccc(F)cc2)NC(=O)N(Cc2cc(=O)n3ccccc3n2)C1=O. The van der Waals surface area contributed by atoms with E-state index in [2.05, 4.69) is 10.3 Å². The van der Waals surface area contributed by atoms with Gasteiger partial charge in [0.2, 0.25) is 0 Å². The second-order valence-electron chi connectivity index (χ2n) is 6.60. The minimum Gasteiger partial charge on any atom is -0.319 e. The normalized spacial score (nSPS) is 19.3. The maximum Gasteiger partial charge on any atom is 0.325 e. The van der Waals surface area contributed by atoms with Gasteiger partial charge in [-0.05, 0) is 36.2 Å². The van der Waals surface area contributed by atoms with Gasteiger partial charge in [0.1, 0.15) is 17.0 Å². The highest BCUT2D eigenvalue weighted by Gasteiger charge is 2.51. The van der Waals surface area contributed by atoms with Crippen LogP contribution >= 0.6 is 0 Å². The summed E-state index contributed by atoms with van der Waals surface area (Å²) in [5, 5.41) is 2.73. The summed E-state index contributed by atoms with van der Waals surface area (Å²) in [6.07, 6.45) is 1.90. The third-order valence-electron chi connectivity index (χ3n) is 4.99. The molecule has 2 aromatic heterocycles. The molecule has 8 heteroatoms. The van der Waals surface area contributed by atoms with Gasteiger partial charge in [-0.25, -0.2) is 14.2 Å². The van der Waals surface area contributed by atoms with E-state index >= 15 is 0 Å². The molecular weight excluding hydrogens is 363 g/mol. The molecule has 0 spiro atoms. The molecule has 1 aliphatic rings. The highest BCUT2D eigenvalue weighted by atomic mass is 19.1. The molecule has 0 radical (unpaired) electrons. The molecule has 7 nitrogen and oxygen atoms in total. The molecule has 1 saturated heterocycles. The van der Waals surface area contributed by atoms with Crippen LogP contribution in [0.1, 0.15) is 24.6 Å².